The van der Waals surface area contributed by atoms with Crippen molar-refractivity contribution < 1.29 is 38.9 Å². The maximum absolute atomic E-state index is 12.2. The summed E-state index contributed by atoms with van der Waals surface area (Å²) in [4.78, 5) is 45.4. The van der Waals surface area contributed by atoms with Gasteiger partial charge in [-0.05, 0) is 43.4 Å². The van der Waals surface area contributed by atoms with Crippen molar-refractivity contribution >= 4 is 23.9 Å². The van der Waals surface area contributed by atoms with Crippen LogP contribution in [0, 0.1) is 5.92 Å². The standard InChI is InChI=1S/C23H30O8/c1-3-20(24)30-13-7-5-4-6-9-16(2)10-8-14-31-23(29)18-12-11-17(21(25)26)15-19(18)22(27)28/h3,11-12,15-16H,1,4-10,13-14H2,2H3,(H,25,26)(H,27,28). The molecule has 31 heavy (non-hydrogen) atoms. The van der Waals surface area contributed by atoms with Crippen molar-refractivity contribution in [1.82, 2.24) is 0 Å². The van der Waals surface area contributed by atoms with Gasteiger partial charge >= 0.3 is 23.9 Å². The van der Waals surface area contributed by atoms with Crippen LogP contribution in [0.15, 0.2) is 30.9 Å². The van der Waals surface area contributed by atoms with E-state index in [-0.39, 0.29) is 17.7 Å². The van der Waals surface area contributed by atoms with Gasteiger partial charge in [-0.25, -0.2) is 19.2 Å². The van der Waals surface area contributed by atoms with E-state index in [1.54, 1.807) is 0 Å². The number of carbonyl (C=O) groups excluding carboxylic acids is 2. The number of carboxylic acid groups (broad SMARTS) is 2. The van der Waals surface area contributed by atoms with Crippen molar-refractivity contribution in [3.63, 3.8) is 0 Å². The van der Waals surface area contributed by atoms with Crippen LogP contribution in [0.25, 0.3) is 0 Å². The normalized spacial score (nSPS) is 11.4. The quantitative estimate of drug-likeness (QED) is 0.237. The molecule has 0 aromatic heterocycles. The van der Waals surface area contributed by atoms with Crippen molar-refractivity contribution in [2.45, 2.75) is 51.9 Å². The summed E-state index contributed by atoms with van der Waals surface area (Å²) in [5, 5.41) is 18.2. The van der Waals surface area contributed by atoms with Crippen LogP contribution < -0.4 is 0 Å². The maximum Gasteiger partial charge on any atom is 0.339 e. The zero-order valence-electron chi connectivity index (χ0n) is 17.8. The zero-order valence-corrected chi connectivity index (χ0v) is 17.8. The summed E-state index contributed by atoms with van der Waals surface area (Å²) in [5.41, 5.74) is -0.762. The maximum atomic E-state index is 12.2. The Hall–Kier alpha value is -3.16. The van der Waals surface area contributed by atoms with Crippen LogP contribution in [0.3, 0.4) is 0 Å². The summed E-state index contributed by atoms with van der Waals surface area (Å²) in [6, 6.07) is 3.29. The molecule has 1 atom stereocenters. The third kappa shape index (κ3) is 9.93. The highest BCUT2D eigenvalue weighted by atomic mass is 16.5. The fourth-order valence-corrected chi connectivity index (χ4v) is 3.03. The van der Waals surface area contributed by atoms with Gasteiger partial charge in [0.1, 0.15) is 0 Å². The van der Waals surface area contributed by atoms with Crippen molar-refractivity contribution in [2.24, 2.45) is 5.92 Å². The van der Waals surface area contributed by atoms with E-state index in [4.69, 9.17) is 14.6 Å². The molecule has 8 nitrogen and oxygen atoms in total. The lowest BCUT2D eigenvalue weighted by Crippen LogP contribution is -2.14. The summed E-state index contributed by atoms with van der Waals surface area (Å²) in [5.74, 6) is -3.37. The fraction of sp³-hybridized carbons (Fsp3) is 0.478. The third-order valence-electron chi connectivity index (χ3n) is 4.79. The minimum absolute atomic E-state index is 0.163. The molecule has 0 amide bonds. The lowest BCUT2D eigenvalue weighted by atomic mass is 9.98. The lowest BCUT2D eigenvalue weighted by Gasteiger charge is -2.12. The molecule has 170 valence electrons. The highest BCUT2D eigenvalue weighted by Crippen LogP contribution is 2.17. The number of aromatic carboxylic acids is 2. The molecule has 0 spiro atoms. The second-order valence-corrected chi connectivity index (χ2v) is 7.33. The minimum Gasteiger partial charge on any atom is -0.478 e. The molecule has 0 aliphatic heterocycles. The SMILES string of the molecule is C=CC(=O)OCCCCCCC(C)CCCOC(=O)c1ccc(C(=O)O)cc1C(=O)O. The number of benzene rings is 1. The Morgan fingerprint density at radius 2 is 1.55 bits per heavy atom. The molecule has 2 N–H and O–H groups in total. The Morgan fingerprint density at radius 1 is 0.903 bits per heavy atom. The Morgan fingerprint density at radius 3 is 2.19 bits per heavy atom. The third-order valence-corrected chi connectivity index (χ3v) is 4.79. The average Bonchev–Trinajstić information content (AvgIpc) is 2.74. The first-order chi connectivity index (χ1) is 14.8. The molecule has 0 bridgehead atoms. The molecule has 1 unspecified atom stereocenters. The molecule has 1 rings (SSSR count). The smallest absolute Gasteiger partial charge is 0.339 e. The van der Waals surface area contributed by atoms with Gasteiger partial charge in [-0.1, -0.05) is 39.2 Å². The van der Waals surface area contributed by atoms with E-state index in [2.05, 4.69) is 13.5 Å². The van der Waals surface area contributed by atoms with Crippen LogP contribution in [0.5, 0.6) is 0 Å². The predicted octanol–water partition coefficient (Wildman–Crippen LogP) is 4.34. The van der Waals surface area contributed by atoms with E-state index < -0.39 is 29.4 Å². The molecule has 1 aromatic rings. The van der Waals surface area contributed by atoms with Crippen molar-refractivity contribution in [3.05, 3.63) is 47.5 Å². The van der Waals surface area contributed by atoms with Gasteiger partial charge in [0, 0.05) is 6.08 Å². The zero-order chi connectivity index (χ0) is 23.2. The van der Waals surface area contributed by atoms with E-state index in [9.17, 15) is 24.3 Å². The molecule has 0 saturated heterocycles. The molecule has 8 heteroatoms. The number of hydrogen-bond acceptors (Lipinski definition) is 6. The predicted molar refractivity (Wildman–Crippen MR) is 113 cm³/mol. The molecule has 0 heterocycles. The highest BCUT2D eigenvalue weighted by Gasteiger charge is 2.20. The van der Waals surface area contributed by atoms with Crippen LogP contribution in [0.4, 0.5) is 0 Å². The molecular weight excluding hydrogens is 404 g/mol. The molecule has 0 saturated carbocycles. The van der Waals surface area contributed by atoms with E-state index in [0.29, 0.717) is 18.9 Å². The largest absolute Gasteiger partial charge is 0.478 e. The van der Waals surface area contributed by atoms with Crippen molar-refractivity contribution in [1.29, 1.82) is 0 Å². The van der Waals surface area contributed by atoms with E-state index >= 15 is 0 Å². The van der Waals surface area contributed by atoms with Crippen LogP contribution in [0.2, 0.25) is 0 Å². The summed E-state index contributed by atoms with van der Waals surface area (Å²) in [6.45, 7) is 6.04. The number of esters is 2. The number of carboxylic acids is 2. The summed E-state index contributed by atoms with van der Waals surface area (Å²) in [6.07, 6.45) is 7.65. The van der Waals surface area contributed by atoms with Crippen LogP contribution >= 0.6 is 0 Å². The van der Waals surface area contributed by atoms with Gasteiger partial charge in [-0.15, -0.1) is 0 Å². The highest BCUT2D eigenvalue weighted by molar-refractivity contribution is 6.04. The van der Waals surface area contributed by atoms with Gasteiger partial charge in [0.25, 0.3) is 0 Å². The van der Waals surface area contributed by atoms with Gasteiger partial charge in [-0.2, -0.15) is 0 Å². The number of unbranched alkanes of at least 4 members (excludes halogenated alkanes) is 3. The Labute approximate surface area is 181 Å². The Bertz CT molecular complexity index is 784. The number of carbonyl (C=O) groups is 4. The van der Waals surface area contributed by atoms with E-state index in [0.717, 1.165) is 56.7 Å². The first kappa shape index (κ1) is 25.9. The molecule has 0 radical (unpaired) electrons. The molecule has 0 aliphatic rings. The Balaban J connectivity index is 2.26. The van der Waals surface area contributed by atoms with Gasteiger partial charge in [-0.3, -0.25) is 0 Å². The number of rotatable bonds is 15. The first-order valence-electron chi connectivity index (χ1n) is 10.3. The van der Waals surface area contributed by atoms with Crippen LogP contribution in [-0.4, -0.2) is 47.3 Å². The first-order valence-corrected chi connectivity index (χ1v) is 10.3. The molecule has 1 aromatic carbocycles. The Kier molecular flexibility index (Phi) is 11.6. The minimum atomic E-state index is -1.39. The monoisotopic (exact) mass is 434 g/mol. The topological polar surface area (TPSA) is 127 Å². The van der Waals surface area contributed by atoms with E-state index in [1.807, 2.05) is 0 Å². The number of hydrogen-bond donors (Lipinski definition) is 2. The van der Waals surface area contributed by atoms with Gasteiger partial charge in [0.05, 0.1) is 29.9 Å². The summed E-state index contributed by atoms with van der Waals surface area (Å²) >= 11 is 0. The fourth-order valence-electron chi connectivity index (χ4n) is 3.03. The van der Waals surface area contributed by atoms with Crippen LogP contribution in [0.1, 0.15) is 82.9 Å². The number of ether oxygens (including phenoxy) is 2. The van der Waals surface area contributed by atoms with Crippen LogP contribution in [-0.2, 0) is 14.3 Å². The molecular formula is C23H30O8. The average molecular weight is 434 g/mol. The van der Waals surface area contributed by atoms with Gasteiger partial charge < -0.3 is 19.7 Å². The van der Waals surface area contributed by atoms with Gasteiger partial charge in [0.2, 0.25) is 0 Å². The summed E-state index contributed by atoms with van der Waals surface area (Å²) in [7, 11) is 0. The van der Waals surface area contributed by atoms with Crippen molar-refractivity contribution in [2.75, 3.05) is 13.2 Å². The van der Waals surface area contributed by atoms with Gasteiger partial charge in [0.15, 0.2) is 0 Å². The second kappa shape index (κ2) is 14.0. The lowest BCUT2D eigenvalue weighted by molar-refractivity contribution is -0.137. The molecule has 0 aliphatic carbocycles. The van der Waals surface area contributed by atoms with Crippen molar-refractivity contribution in [3.8, 4) is 0 Å². The molecule has 0 fully saturated rings. The summed E-state index contributed by atoms with van der Waals surface area (Å²) < 4.78 is 10.1. The van der Waals surface area contributed by atoms with E-state index in [1.165, 1.54) is 6.07 Å². The second-order valence-electron chi connectivity index (χ2n) is 7.33.